The minimum atomic E-state index is -0.0568. The number of nitrogens with zero attached hydrogens (tertiary/aromatic N) is 2. The topological polar surface area (TPSA) is 59.0 Å². The number of amides is 1. The van der Waals surface area contributed by atoms with E-state index in [-0.39, 0.29) is 11.9 Å². The van der Waals surface area contributed by atoms with Gasteiger partial charge < -0.3 is 10.6 Å². The van der Waals surface area contributed by atoms with Gasteiger partial charge in [0.05, 0.1) is 12.2 Å². The number of carbonyl (C=O) groups is 1. The summed E-state index contributed by atoms with van der Waals surface area (Å²) in [6, 6.07) is 5.81. The molecule has 1 atom stereocenters. The fourth-order valence-corrected chi connectivity index (χ4v) is 2.74. The highest BCUT2D eigenvalue weighted by Gasteiger charge is 2.19. The molecule has 1 aliphatic rings. The Morgan fingerprint density at radius 3 is 3.10 bits per heavy atom. The van der Waals surface area contributed by atoms with Crippen molar-refractivity contribution in [2.45, 2.75) is 25.8 Å². The van der Waals surface area contributed by atoms with Crippen LogP contribution >= 0.6 is 0 Å². The Kier molecular flexibility index (Phi) is 3.64. The molecular formula is C16H20N4O. The fourth-order valence-electron chi connectivity index (χ4n) is 2.74. The van der Waals surface area contributed by atoms with E-state index in [1.54, 1.807) is 10.9 Å². The average molecular weight is 284 g/mol. The molecule has 0 aliphatic carbocycles. The highest BCUT2D eigenvalue weighted by molar-refractivity contribution is 5.97. The minimum absolute atomic E-state index is 0.0214. The highest BCUT2D eigenvalue weighted by Crippen LogP contribution is 2.25. The molecular weight excluding hydrogens is 264 g/mol. The van der Waals surface area contributed by atoms with Crippen LogP contribution in [0.5, 0.6) is 0 Å². The molecule has 110 valence electrons. The van der Waals surface area contributed by atoms with Crippen molar-refractivity contribution < 1.29 is 4.79 Å². The third kappa shape index (κ3) is 2.77. The van der Waals surface area contributed by atoms with Gasteiger partial charge in [-0.15, -0.1) is 0 Å². The minimum Gasteiger partial charge on any atom is -0.385 e. The predicted octanol–water partition coefficient (Wildman–Crippen LogP) is 2.27. The quantitative estimate of drug-likeness (QED) is 0.909. The number of benzene rings is 1. The van der Waals surface area contributed by atoms with E-state index in [0.29, 0.717) is 0 Å². The normalized spacial score (nSPS) is 15.0. The zero-order valence-electron chi connectivity index (χ0n) is 12.4. The average Bonchev–Trinajstić information content (AvgIpc) is 2.93. The molecule has 1 aromatic heterocycles. The molecule has 1 aliphatic heterocycles. The van der Waals surface area contributed by atoms with Crippen molar-refractivity contribution in [2.75, 3.05) is 11.9 Å². The summed E-state index contributed by atoms with van der Waals surface area (Å²) in [6.07, 6.45) is 5.72. The maximum absolute atomic E-state index is 12.5. The molecule has 1 unspecified atom stereocenters. The summed E-state index contributed by atoms with van der Waals surface area (Å²) in [5, 5.41) is 10.6. The van der Waals surface area contributed by atoms with Crippen LogP contribution in [0.25, 0.3) is 0 Å². The zero-order valence-corrected chi connectivity index (χ0v) is 12.4. The largest absolute Gasteiger partial charge is 0.385 e. The molecule has 1 aromatic carbocycles. The third-order valence-corrected chi connectivity index (χ3v) is 3.91. The van der Waals surface area contributed by atoms with Crippen LogP contribution in [0.1, 0.15) is 40.9 Å². The zero-order chi connectivity index (χ0) is 14.8. The van der Waals surface area contributed by atoms with Crippen LogP contribution in [0.15, 0.2) is 30.6 Å². The lowest BCUT2D eigenvalue weighted by Gasteiger charge is -2.21. The van der Waals surface area contributed by atoms with Crippen molar-refractivity contribution in [1.82, 2.24) is 15.1 Å². The van der Waals surface area contributed by atoms with E-state index >= 15 is 0 Å². The first-order chi connectivity index (χ1) is 10.1. The number of fused-ring (bicyclic) bond motifs is 1. The van der Waals surface area contributed by atoms with Crippen LogP contribution in [0.4, 0.5) is 5.69 Å². The van der Waals surface area contributed by atoms with E-state index in [1.165, 1.54) is 0 Å². The van der Waals surface area contributed by atoms with E-state index < -0.39 is 0 Å². The van der Waals surface area contributed by atoms with Crippen molar-refractivity contribution in [3.05, 3.63) is 47.3 Å². The van der Waals surface area contributed by atoms with Gasteiger partial charge in [-0.1, -0.05) is 6.07 Å². The van der Waals surface area contributed by atoms with E-state index in [0.717, 1.165) is 41.8 Å². The lowest BCUT2D eigenvalue weighted by molar-refractivity contribution is 0.0939. The molecule has 0 bridgehead atoms. The summed E-state index contributed by atoms with van der Waals surface area (Å²) in [6.45, 7) is 2.95. The van der Waals surface area contributed by atoms with E-state index in [2.05, 4.69) is 15.7 Å². The van der Waals surface area contributed by atoms with E-state index in [9.17, 15) is 4.79 Å². The number of rotatable bonds is 3. The summed E-state index contributed by atoms with van der Waals surface area (Å²) >= 11 is 0. The van der Waals surface area contributed by atoms with Crippen molar-refractivity contribution in [1.29, 1.82) is 0 Å². The number of anilines is 1. The second-order valence-corrected chi connectivity index (χ2v) is 5.50. The molecule has 0 spiro atoms. The molecule has 2 heterocycles. The van der Waals surface area contributed by atoms with Crippen LogP contribution in [0.2, 0.25) is 0 Å². The summed E-state index contributed by atoms with van der Waals surface area (Å²) in [7, 11) is 1.87. The maximum Gasteiger partial charge on any atom is 0.252 e. The Morgan fingerprint density at radius 1 is 1.48 bits per heavy atom. The fraction of sp³-hybridized carbons (Fsp3) is 0.375. The number of nitrogens with one attached hydrogen (secondary N) is 2. The molecule has 0 saturated carbocycles. The Hall–Kier alpha value is -2.30. The SMILES string of the molecule is CC(NC(=O)c1cccc2c1CCCN2)c1cnn(C)c1. The van der Waals surface area contributed by atoms with Gasteiger partial charge in [0.15, 0.2) is 0 Å². The maximum atomic E-state index is 12.5. The van der Waals surface area contributed by atoms with Crippen molar-refractivity contribution in [3.8, 4) is 0 Å². The Bertz CT molecular complexity index is 662. The molecule has 0 fully saturated rings. The molecule has 2 N–H and O–H groups in total. The second-order valence-electron chi connectivity index (χ2n) is 5.50. The standard InChI is InChI=1S/C16H20N4O/c1-11(12-9-18-20(2)10-12)19-16(21)14-5-3-7-15-13(14)6-4-8-17-15/h3,5,7,9-11,17H,4,6,8H2,1-2H3,(H,19,21). The van der Waals surface area contributed by atoms with Crippen LogP contribution in [-0.2, 0) is 13.5 Å². The Morgan fingerprint density at radius 2 is 2.33 bits per heavy atom. The monoisotopic (exact) mass is 284 g/mol. The van der Waals surface area contributed by atoms with Gasteiger partial charge in [-0.3, -0.25) is 9.48 Å². The van der Waals surface area contributed by atoms with Gasteiger partial charge in [0.1, 0.15) is 0 Å². The van der Waals surface area contributed by atoms with Gasteiger partial charge in [0.2, 0.25) is 0 Å². The molecule has 21 heavy (non-hydrogen) atoms. The predicted molar refractivity (Wildman–Crippen MR) is 82.3 cm³/mol. The summed E-state index contributed by atoms with van der Waals surface area (Å²) in [5.74, 6) is -0.0214. The van der Waals surface area contributed by atoms with Crippen molar-refractivity contribution in [3.63, 3.8) is 0 Å². The van der Waals surface area contributed by atoms with Crippen molar-refractivity contribution in [2.24, 2.45) is 7.05 Å². The molecule has 5 heteroatoms. The highest BCUT2D eigenvalue weighted by atomic mass is 16.1. The van der Waals surface area contributed by atoms with Crippen LogP contribution in [0.3, 0.4) is 0 Å². The number of hydrogen-bond acceptors (Lipinski definition) is 3. The molecule has 5 nitrogen and oxygen atoms in total. The van der Waals surface area contributed by atoms with Gasteiger partial charge in [-0.2, -0.15) is 5.10 Å². The van der Waals surface area contributed by atoms with Gasteiger partial charge in [0, 0.05) is 36.6 Å². The van der Waals surface area contributed by atoms with Crippen LogP contribution in [0, 0.1) is 0 Å². The lowest BCUT2D eigenvalue weighted by Crippen LogP contribution is -2.28. The lowest BCUT2D eigenvalue weighted by atomic mass is 9.97. The molecule has 0 saturated heterocycles. The second kappa shape index (κ2) is 5.60. The third-order valence-electron chi connectivity index (χ3n) is 3.91. The molecule has 2 aromatic rings. The Labute approximate surface area is 124 Å². The van der Waals surface area contributed by atoms with Crippen LogP contribution in [-0.4, -0.2) is 22.2 Å². The molecule has 3 rings (SSSR count). The number of aromatic nitrogens is 2. The van der Waals surface area contributed by atoms with Gasteiger partial charge >= 0.3 is 0 Å². The number of aryl methyl sites for hydroxylation is 1. The van der Waals surface area contributed by atoms with Gasteiger partial charge in [-0.25, -0.2) is 0 Å². The summed E-state index contributed by atoms with van der Waals surface area (Å²) in [4.78, 5) is 12.5. The van der Waals surface area contributed by atoms with Gasteiger partial charge in [-0.05, 0) is 37.5 Å². The Balaban J connectivity index is 1.79. The van der Waals surface area contributed by atoms with E-state index in [4.69, 9.17) is 0 Å². The van der Waals surface area contributed by atoms with E-state index in [1.807, 2.05) is 38.4 Å². The molecule has 1 amide bonds. The van der Waals surface area contributed by atoms with Gasteiger partial charge in [0.25, 0.3) is 5.91 Å². The summed E-state index contributed by atoms with van der Waals surface area (Å²) in [5.41, 5.74) is 3.99. The smallest absolute Gasteiger partial charge is 0.252 e. The number of hydrogen-bond donors (Lipinski definition) is 2. The first-order valence-corrected chi connectivity index (χ1v) is 7.30. The van der Waals surface area contributed by atoms with Crippen LogP contribution < -0.4 is 10.6 Å². The molecule has 0 radical (unpaired) electrons. The summed E-state index contributed by atoms with van der Waals surface area (Å²) < 4.78 is 1.74. The number of carbonyl (C=O) groups excluding carboxylic acids is 1. The van der Waals surface area contributed by atoms with Crippen molar-refractivity contribution >= 4 is 11.6 Å². The first kappa shape index (κ1) is 13.7. The first-order valence-electron chi connectivity index (χ1n) is 7.30.